The minimum Gasteiger partial charge on any atom is -0.320 e. The fourth-order valence-corrected chi connectivity index (χ4v) is 0.893. The number of nitrogens with one attached hydrogen (secondary N) is 1. The average Bonchev–Trinajstić information content (AvgIpc) is 2.19. The Hall–Kier alpha value is -2.21. The van der Waals surface area contributed by atoms with E-state index in [-0.39, 0.29) is 5.91 Å². The molecular formula is C11H8NO2+. The summed E-state index contributed by atoms with van der Waals surface area (Å²) in [7, 11) is 0. The highest BCUT2D eigenvalue weighted by Gasteiger charge is 2.03. The van der Waals surface area contributed by atoms with Crippen molar-refractivity contribution < 1.29 is 9.59 Å². The lowest BCUT2D eigenvalue weighted by Crippen LogP contribution is -2.07. The molecule has 3 heteroatoms. The van der Waals surface area contributed by atoms with Crippen LogP contribution >= 0.6 is 0 Å². The van der Waals surface area contributed by atoms with E-state index in [2.05, 4.69) is 17.6 Å². The van der Waals surface area contributed by atoms with Gasteiger partial charge in [-0.2, -0.15) is 0 Å². The molecule has 0 aliphatic heterocycles. The maximum absolute atomic E-state index is 11.0. The highest BCUT2D eigenvalue weighted by Crippen LogP contribution is 2.07. The molecule has 0 aliphatic carbocycles. The molecule has 1 N–H and O–H groups in total. The van der Waals surface area contributed by atoms with Gasteiger partial charge in [0, 0.05) is 18.2 Å². The molecule has 0 saturated heterocycles. The van der Waals surface area contributed by atoms with Gasteiger partial charge in [-0.3, -0.25) is 4.79 Å². The van der Waals surface area contributed by atoms with Gasteiger partial charge in [0.05, 0.1) is 17.8 Å². The summed E-state index contributed by atoms with van der Waals surface area (Å²) in [5, 5.41) is 2.57. The van der Waals surface area contributed by atoms with E-state index in [0.29, 0.717) is 11.3 Å². The van der Waals surface area contributed by atoms with Crippen LogP contribution in [0.2, 0.25) is 0 Å². The Morgan fingerprint density at radius 2 is 2.07 bits per heavy atom. The van der Waals surface area contributed by atoms with Gasteiger partial charge in [-0.25, -0.2) is 0 Å². The largest absolute Gasteiger partial charge is 0.320 e. The zero-order chi connectivity index (χ0) is 10.4. The Kier molecular flexibility index (Phi) is 3.33. The van der Waals surface area contributed by atoms with Gasteiger partial charge < -0.3 is 5.32 Å². The first-order valence-electron chi connectivity index (χ1n) is 3.91. The summed E-state index contributed by atoms with van der Waals surface area (Å²) in [5.41, 5.74) is 3.42. The zero-order valence-electron chi connectivity index (χ0n) is 7.41. The number of carbonyl (C=O) groups is 1. The van der Waals surface area contributed by atoms with Gasteiger partial charge in [0.25, 0.3) is 5.91 Å². The molecule has 68 valence electrons. The van der Waals surface area contributed by atoms with Gasteiger partial charge in [0.2, 0.25) is 5.56 Å². The van der Waals surface area contributed by atoms with E-state index in [4.69, 9.17) is 0 Å². The molecule has 0 bridgehead atoms. The van der Waals surface area contributed by atoms with Crippen molar-refractivity contribution in [3.63, 3.8) is 0 Å². The van der Waals surface area contributed by atoms with Crippen LogP contribution in [0.3, 0.4) is 0 Å². The van der Waals surface area contributed by atoms with E-state index in [1.54, 1.807) is 30.6 Å². The molecule has 0 spiro atoms. The van der Waals surface area contributed by atoms with Crippen LogP contribution in [0.1, 0.15) is 5.56 Å². The number of benzene rings is 1. The topological polar surface area (TPSA) is 46.2 Å². The minimum absolute atomic E-state index is 0.303. The van der Waals surface area contributed by atoms with Crippen molar-refractivity contribution in [2.75, 3.05) is 5.32 Å². The van der Waals surface area contributed by atoms with Gasteiger partial charge in [-0.15, -0.1) is 10.5 Å². The number of carbonyl (C=O) groups excluding carboxylic acids is 2. The van der Waals surface area contributed by atoms with Crippen molar-refractivity contribution >= 4 is 17.9 Å². The molecule has 0 aromatic heterocycles. The van der Waals surface area contributed by atoms with Crippen LogP contribution < -0.4 is 5.32 Å². The second kappa shape index (κ2) is 4.73. The second-order valence-electron chi connectivity index (χ2n) is 2.52. The molecule has 0 saturated carbocycles. The van der Waals surface area contributed by atoms with Gasteiger partial charge >= 0.3 is 6.29 Å². The minimum atomic E-state index is -0.303. The number of amides is 1. The SMILES string of the molecule is C=C=CC(=O)Nc1ccc([C+]=O)cc1. The molecule has 1 aromatic rings. The molecule has 1 amide bonds. The van der Waals surface area contributed by atoms with Crippen LogP contribution in [0, 0.1) is 0 Å². The van der Waals surface area contributed by atoms with Gasteiger partial charge in [-0.1, -0.05) is 6.58 Å². The molecule has 1 rings (SSSR count). The van der Waals surface area contributed by atoms with E-state index < -0.39 is 0 Å². The number of anilines is 1. The maximum atomic E-state index is 11.0. The molecule has 0 radical (unpaired) electrons. The van der Waals surface area contributed by atoms with Crippen LogP contribution in [0.4, 0.5) is 5.69 Å². The fraction of sp³-hybridized carbons (Fsp3) is 0. The number of hydrogen-bond donors (Lipinski definition) is 1. The van der Waals surface area contributed by atoms with Gasteiger partial charge in [0.1, 0.15) is 0 Å². The predicted molar refractivity (Wildman–Crippen MR) is 53.6 cm³/mol. The number of hydrogen-bond acceptors (Lipinski definition) is 2. The van der Waals surface area contributed by atoms with Crippen molar-refractivity contribution in [2.45, 2.75) is 0 Å². The third-order valence-electron chi connectivity index (χ3n) is 1.50. The van der Waals surface area contributed by atoms with Crippen LogP contribution in [0.15, 0.2) is 42.7 Å². The van der Waals surface area contributed by atoms with E-state index >= 15 is 0 Å². The molecular weight excluding hydrogens is 178 g/mol. The third kappa shape index (κ3) is 2.68. The Labute approximate surface area is 81.7 Å². The fourth-order valence-electron chi connectivity index (χ4n) is 0.893. The van der Waals surface area contributed by atoms with E-state index in [0.717, 1.165) is 0 Å². The first-order valence-corrected chi connectivity index (χ1v) is 3.91. The van der Waals surface area contributed by atoms with Crippen LogP contribution in [0.25, 0.3) is 0 Å². The smallest absolute Gasteiger partial charge is 0.303 e. The van der Waals surface area contributed by atoms with Crippen LogP contribution in [-0.2, 0) is 9.59 Å². The van der Waals surface area contributed by atoms with Crippen molar-refractivity contribution in [1.82, 2.24) is 0 Å². The summed E-state index contributed by atoms with van der Waals surface area (Å²) >= 11 is 0. The predicted octanol–water partition coefficient (Wildman–Crippen LogP) is 1.42. The van der Waals surface area contributed by atoms with Crippen molar-refractivity contribution in [3.05, 3.63) is 48.2 Å². The first kappa shape index (κ1) is 9.87. The van der Waals surface area contributed by atoms with Crippen molar-refractivity contribution in [1.29, 1.82) is 0 Å². The van der Waals surface area contributed by atoms with Crippen molar-refractivity contribution in [2.24, 2.45) is 0 Å². The maximum Gasteiger partial charge on any atom is 0.303 e. The van der Waals surface area contributed by atoms with Crippen LogP contribution in [-0.4, -0.2) is 12.2 Å². The van der Waals surface area contributed by atoms with E-state index in [1.165, 1.54) is 6.08 Å². The summed E-state index contributed by atoms with van der Waals surface area (Å²) in [4.78, 5) is 21.2. The Morgan fingerprint density at radius 3 is 2.57 bits per heavy atom. The summed E-state index contributed by atoms with van der Waals surface area (Å²) in [6.45, 7) is 3.28. The second-order valence-corrected chi connectivity index (χ2v) is 2.52. The lowest BCUT2D eigenvalue weighted by atomic mass is 10.2. The lowest BCUT2D eigenvalue weighted by molar-refractivity contribution is -0.111. The van der Waals surface area contributed by atoms with Gasteiger partial charge in [-0.05, 0) is 0 Å². The standard InChI is InChI=1S/C11H7NO2/c1-2-3-11(14)12-10-6-4-9(8-13)5-7-10/h3-7H,1H2/p+1. The normalized spacial score (nSPS) is 8.29. The average molecular weight is 186 g/mol. The molecule has 1 aromatic carbocycles. The Balaban J connectivity index is 2.73. The molecule has 14 heavy (non-hydrogen) atoms. The molecule has 0 atom stereocenters. The number of rotatable bonds is 3. The Bertz CT molecular complexity index is 386. The summed E-state index contributed by atoms with van der Waals surface area (Å²) < 4.78 is 0. The van der Waals surface area contributed by atoms with E-state index in [1.807, 2.05) is 0 Å². The van der Waals surface area contributed by atoms with Crippen molar-refractivity contribution in [3.8, 4) is 0 Å². The Morgan fingerprint density at radius 1 is 1.43 bits per heavy atom. The zero-order valence-corrected chi connectivity index (χ0v) is 7.41. The highest BCUT2D eigenvalue weighted by atomic mass is 16.1. The summed E-state index contributed by atoms with van der Waals surface area (Å²) in [5.74, 6) is -0.303. The summed E-state index contributed by atoms with van der Waals surface area (Å²) in [6, 6.07) is 6.38. The summed E-state index contributed by atoms with van der Waals surface area (Å²) in [6.07, 6.45) is 2.93. The van der Waals surface area contributed by atoms with Crippen LogP contribution in [0.5, 0.6) is 0 Å². The molecule has 0 aliphatic rings. The van der Waals surface area contributed by atoms with Gasteiger partial charge in [0.15, 0.2) is 0 Å². The molecule has 3 nitrogen and oxygen atoms in total. The lowest BCUT2D eigenvalue weighted by Gasteiger charge is -1.96. The highest BCUT2D eigenvalue weighted by molar-refractivity contribution is 5.99. The molecule has 0 unspecified atom stereocenters. The first-order chi connectivity index (χ1) is 6.76. The molecule has 0 fully saturated rings. The third-order valence-corrected chi connectivity index (χ3v) is 1.50. The quantitative estimate of drug-likeness (QED) is 0.441. The molecule has 0 heterocycles. The monoisotopic (exact) mass is 186 g/mol. The van der Waals surface area contributed by atoms with E-state index in [9.17, 15) is 9.59 Å².